The zero-order valence-corrected chi connectivity index (χ0v) is 10.1. The van der Waals surface area contributed by atoms with Crippen LogP contribution in [0, 0.1) is 0 Å². The Kier molecular flexibility index (Phi) is 2.67. The number of sulfone groups is 1. The van der Waals surface area contributed by atoms with Gasteiger partial charge in [0.2, 0.25) is 0 Å². The van der Waals surface area contributed by atoms with Gasteiger partial charge in [0.15, 0.2) is 9.84 Å². The molecule has 1 aliphatic rings. The van der Waals surface area contributed by atoms with Gasteiger partial charge in [-0.25, -0.2) is 8.42 Å². The summed E-state index contributed by atoms with van der Waals surface area (Å²) in [6.07, 6.45) is 1.18. The molecule has 88 valence electrons. The van der Waals surface area contributed by atoms with Gasteiger partial charge in [-0.15, -0.1) is 0 Å². The normalized spacial score (nSPS) is 24.1. The van der Waals surface area contributed by atoms with E-state index >= 15 is 0 Å². The minimum Gasteiger partial charge on any atom is -0.490 e. The third kappa shape index (κ3) is 2.74. The lowest BCUT2D eigenvalue weighted by Crippen LogP contribution is -2.17. The Morgan fingerprint density at radius 3 is 2.75 bits per heavy atom. The van der Waals surface area contributed by atoms with Gasteiger partial charge in [0.1, 0.15) is 18.0 Å². The molecule has 1 aromatic rings. The summed E-state index contributed by atoms with van der Waals surface area (Å²) in [5.41, 5.74) is -0.193. The first kappa shape index (κ1) is 11.4. The van der Waals surface area contributed by atoms with Gasteiger partial charge in [0, 0.05) is 6.26 Å². The van der Waals surface area contributed by atoms with Crippen molar-refractivity contribution in [1.82, 2.24) is 0 Å². The van der Waals surface area contributed by atoms with Gasteiger partial charge in [-0.1, -0.05) is 6.07 Å². The van der Waals surface area contributed by atoms with Crippen LogP contribution in [0.2, 0.25) is 0 Å². The predicted molar refractivity (Wildman–Crippen MR) is 59.4 cm³/mol. The van der Waals surface area contributed by atoms with Crippen LogP contribution in [0.15, 0.2) is 29.2 Å². The van der Waals surface area contributed by atoms with E-state index in [0.717, 1.165) is 0 Å². The second-order valence-corrected chi connectivity index (χ2v) is 6.29. The van der Waals surface area contributed by atoms with Crippen molar-refractivity contribution in [2.45, 2.75) is 17.4 Å². The number of benzene rings is 1. The van der Waals surface area contributed by atoms with Crippen molar-refractivity contribution < 1.29 is 17.9 Å². The van der Waals surface area contributed by atoms with Gasteiger partial charge < -0.3 is 9.47 Å². The van der Waals surface area contributed by atoms with Crippen LogP contribution in [0.1, 0.15) is 6.92 Å². The van der Waals surface area contributed by atoms with Crippen molar-refractivity contribution in [3.63, 3.8) is 0 Å². The lowest BCUT2D eigenvalue weighted by molar-refractivity contribution is 0.202. The van der Waals surface area contributed by atoms with Gasteiger partial charge >= 0.3 is 0 Å². The zero-order chi connectivity index (χ0) is 11.8. The van der Waals surface area contributed by atoms with Gasteiger partial charge in [0.25, 0.3) is 0 Å². The lowest BCUT2D eigenvalue weighted by Gasteiger charge is -2.09. The van der Waals surface area contributed by atoms with Crippen LogP contribution in [0.4, 0.5) is 0 Å². The molecule has 4 nitrogen and oxygen atoms in total. The number of hydrogen-bond donors (Lipinski definition) is 0. The molecule has 0 bridgehead atoms. The Hall–Kier alpha value is -1.07. The maximum absolute atomic E-state index is 11.3. The Bertz CT molecular complexity index is 488. The van der Waals surface area contributed by atoms with E-state index in [2.05, 4.69) is 0 Å². The average molecular weight is 242 g/mol. The van der Waals surface area contributed by atoms with Crippen LogP contribution in [0.3, 0.4) is 0 Å². The van der Waals surface area contributed by atoms with E-state index in [1.807, 2.05) is 6.92 Å². The molecule has 1 atom stereocenters. The molecule has 2 rings (SSSR count). The van der Waals surface area contributed by atoms with E-state index < -0.39 is 9.84 Å². The van der Waals surface area contributed by atoms with E-state index in [1.54, 1.807) is 18.2 Å². The van der Waals surface area contributed by atoms with Gasteiger partial charge in [-0.05, 0) is 25.1 Å². The van der Waals surface area contributed by atoms with Gasteiger partial charge in [0.05, 0.1) is 11.5 Å². The second-order valence-electron chi connectivity index (χ2n) is 4.27. The summed E-state index contributed by atoms with van der Waals surface area (Å²) in [5.74, 6) is 0.555. The second kappa shape index (κ2) is 3.75. The number of hydrogen-bond acceptors (Lipinski definition) is 4. The maximum atomic E-state index is 11.3. The fourth-order valence-corrected chi connectivity index (χ4v) is 1.89. The lowest BCUT2D eigenvalue weighted by atomic mass is 10.2. The number of rotatable bonds is 4. The molecule has 16 heavy (non-hydrogen) atoms. The van der Waals surface area contributed by atoms with Gasteiger partial charge in [-0.3, -0.25) is 0 Å². The summed E-state index contributed by atoms with van der Waals surface area (Å²) >= 11 is 0. The van der Waals surface area contributed by atoms with Crippen molar-refractivity contribution in [3.8, 4) is 5.75 Å². The molecule has 0 spiro atoms. The molecule has 0 saturated carbocycles. The predicted octanol–water partition coefficient (Wildman–Crippen LogP) is 1.26. The molecule has 0 N–H and O–H groups in total. The third-order valence-electron chi connectivity index (χ3n) is 2.41. The van der Waals surface area contributed by atoms with Crippen molar-refractivity contribution in [2.24, 2.45) is 0 Å². The average Bonchev–Trinajstić information content (AvgIpc) is 2.94. The molecule has 1 saturated heterocycles. The van der Waals surface area contributed by atoms with Crippen molar-refractivity contribution in [1.29, 1.82) is 0 Å². The Morgan fingerprint density at radius 1 is 1.50 bits per heavy atom. The van der Waals surface area contributed by atoms with Crippen molar-refractivity contribution in [3.05, 3.63) is 24.3 Å². The van der Waals surface area contributed by atoms with Crippen LogP contribution in [0.25, 0.3) is 0 Å². The van der Waals surface area contributed by atoms with Crippen LogP contribution in [-0.4, -0.2) is 33.5 Å². The smallest absolute Gasteiger partial charge is 0.175 e. The standard InChI is InChI=1S/C11H14O4S/c1-11(8-15-11)7-14-9-4-3-5-10(6-9)16(2,12)13/h3-6H,7-8H2,1-2H3. The van der Waals surface area contributed by atoms with E-state index in [9.17, 15) is 8.42 Å². The Morgan fingerprint density at radius 2 is 2.19 bits per heavy atom. The van der Waals surface area contributed by atoms with Crippen molar-refractivity contribution in [2.75, 3.05) is 19.5 Å². The fourth-order valence-electron chi connectivity index (χ4n) is 1.24. The summed E-state index contributed by atoms with van der Waals surface area (Å²) < 4.78 is 33.3. The van der Waals surface area contributed by atoms with Crippen LogP contribution in [0.5, 0.6) is 5.75 Å². The van der Waals surface area contributed by atoms with Crippen LogP contribution in [-0.2, 0) is 14.6 Å². The summed E-state index contributed by atoms with van der Waals surface area (Å²) in [6, 6.07) is 6.49. The highest BCUT2D eigenvalue weighted by Gasteiger charge is 2.40. The van der Waals surface area contributed by atoms with E-state index in [0.29, 0.717) is 19.0 Å². The van der Waals surface area contributed by atoms with Crippen LogP contribution < -0.4 is 4.74 Å². The molecule has 1 aromatic carbocycles. The van der Waals surface area contributed by atoms with Crippen LogP contribution >= 0.6 is 0 Å². The first-order chi connectivity index (χ1) is 7.39. The van der Waals surface area contributed by atoms with Crippen molar-refractivity contribution >= 4 is 9.84 Å². The Labute approximate surface area is 95.1 Å². The quantitative estimate of drug-likeness (QED) is 0.746. The van der Waals surface area contributed by atoms with E-state index in [1.165, 1.54) is 12.3 Å². The summed E-state index contributed by atoms with van der Waals surface area (Å²) in [4.78, 5) is 0.270. The number of ether oxygens (including phenoxy) is 2. The van der Waals surface area contributed by atoms with E-state index in [-0.39, 0.29) is 10.5 Å². The highest BCUT2D eigenvalue weighted by molar-refractivity contribution is 7.90. The summed E-state index contributed by atoms with van der Waals surface area (Å²) in [6.45, 7) is 3.09. The molecule has 0 amide bonds. The highest BCUT2D eigenvalue weighted by atomic mass is 32.2. The molecule has 0 aliphatic carbocycles. The zero-order valence-electron chi connectivity index (χ0n) is 9.26. The molecular weight excluding hydrogens is 228 g/mol. The minimum absolute atomic E-state index is 0.193. The summed E-state index contributed by atoms with van der Waals surface area (Å²) in [5, 5.41) is 0. The molecule has 1 unspecified atom stereocenters. The van der Waals surface area contributed by atoms with Gasteiger partial charge in [-0.2, -0.15) is 0 Å². The first-order valence-corrected chi connectivity index (χ1v) is 6.85. The summed E-state index contributed by atoms with van der Waals surface area (Å²) in [7, 11) is -3.17. The number of epoxide rings is 1. The fraction of sp³-hybridized carbons (Fsp3) is 0.455. The molecule has 1 heterocycles. The third-order valence-corrected chi connectivity index (χ3v) is 3.53. The molecular formula is C11H14O4S. The molecule has 1 fully saturated rings. The topological polar surface area (TPSA) is 55.9 Å². The molecule has 0 radical (unpaired) electrons. The maximum Gasteiger partial charge on any atom is 0.175 e. The highest BCUT2D eigenvalue weighted by Crippen LogP contribution is 2.27. The molecule has 0 aromatic heterocycles. The van der Waals surface area contributed by atoms with E-state index in [4.69, 9.17) is 9.47 Å². The SMILES string of the molecule is CC1(COc2cccc(S(C)(=O)=O)c2)CO1. The molecule has 1 aliphatic heterocycles. The monoisotopic (exact) mass is 242 g/mol. The minimum atomic E-state index is -3.17. The largest absolute Gasteiger partial charge is 0.490 e. The first-order valence-electron chi connectivity index (χ1n) is 4.96. The Balaban J connectivity index is 2.10. The molecule has 5 heteroatoms.